The number of esters is 1. The van der Waals surface area contributed by atoms with Crippen LogP contribution in [0.4, 0.5) is 4.39 Å². The van der Waals surface area contributed by atoms with Crippen LogP contribution in [0.2, 0.25) is 5.02 Å². The molecule has 5 atom stereocenters. The van der Waals surface area contributed by atoms with Gasteiger partial charge in [-0.15, -0.1) is 0 Å². The van der Waals surface area contributed by atoms with Gasteiger partial charge < -0.3 is 25.4 Å². The summed E-state index contributed by atoms with van der Waals surface area (Å²) < 4.78 is 20.7. The predicted molar refractivity (Wildman–Crippen MR) is 150 cm³/mol. The molecule has 2 amide bonds. The van der Waals surface area contributed by atoms with Crippen molar-refractivity contribution in [2.75, 3.05) is 13.1 Å². The predicted octanol–water partition coefficient (Wildman–Crippen LogP) is 3.00. The Morgan fingerprint density at radius 3 is 2.60 bits per heavy atom. The lowest BCUT2D eigenvalue weighted by atomic mass is 9.95. The molecule has 6 rings (SSSR count). The van der Waals surface area contributed by atoms with Crippen LogP contribution >= 0.6 is 11.6 Å². The van der Waals surface area contributed by atoms with Crippen LogP contribution in [0.25, 0.3) is 0 Å². The van der Waals surface area contributed by atoms with Crippen molar-refractivity contribution in [3.05, 3.63) is 61.8 Å². The number of fused-ring (bicyclic) bond motifs is 6. The minimum absolute atomic E-state index is 0.0256. The highest BCUT2D eigenvalue weighted by Crippen LogP contribution is 2.64. The molecule has 4 aliphatic rings. The molecule has 10 nitrogen and oxygen atoms in total. The number of aromatic nitrogens is 1. The van der Waals surface area contributed by atoms with Crippen molar-refractivity contribution in [1.29, 1.82) is 0 Å². The summed E-state index contributed by atoms with van der Waals surface area (Å²) in [6, 6.07) is 3.35. The van der Waals surface area contributed by atoms with Crippen molar-refractivity contribution in [2.45, 2.75) is 70.8 Å². The molecule has 1 aromatic heterocycles. The maximum Gasteiger partial charge on any atom is 0.323 e. The van der Waals surface area contributed by atoms with Gasteiger partial charge in [-0.25, -0.2) is 4.39 Å². The van der Waals surface area contributed by atoms with E-state index >= 15 is 0 Å². The summed E-state index contributed by atoms with van der Waals surface area (Å²) in [6.45, 7) is 5.67. The molecule has 1 aromatic carbocycles. The molecular weight excluding hydrogens is 567 g/mol. The van der Waals surface area contributed by atoms with Crippen LogP contribution in [-0.4, -0.2) is 62.5 Å². The average molecular weight is 601 g/mol. The van der Waals surface area contributed by atoms with Crippen LogP contribution in [0, 0.1) is 23.6 Å². The van der Waals surface area contributed by atoms with Crippen LogP contribution in [0.15, 0.2) is 23.0 Å². The lowest BCUT2D eigenvalue weighted by Gasteiger charge is -2.39. The van der Waals surface area contributed by atoms with Gasteiger partial charge in [0.2, 0.25) is 0 Å². The minimum atomic E-state index is -0.994. The summed E-state index contributed by atoms with van der Waals surface area (Å²) in [7, 11) is 0. The summed E-state index contributed by atoms with van der Waals surface area (Å²) >= 11 is 5.92. The van der Waals surface area contributed by atoms with Gasteiger partial charge in [0.1, 0.15) is 29.3 Å². The number of benzene rings is 1. The number of ether oxygens (including phenoxy) is 1. The Bertz CT molecular complexity index is 1580. The fraction of sp³-hybridized carbons (Fsp3) is 0.533. The Kier molecular flexibility index (Phi) is 6.88. The summed E-state index contributed by atoms with van der Waals surface area (Å²) in [6.07, 6.45) is 1.72. The van der Waals surface area contributed by atoms with Gasteiger partial charge in [0.25, 0.3) is 17.4 Å². The first kappa shape index (κ1) is 28.7. The average Bonchev–Trinajstić information content (AvgIpc) is 3.59. The van der Waals surface area contributed by atoms with Crippen molar-refractivity contribution >= 4 is 29.4 Å². The van der Waals surface area contributed by atoms with E-state index in [-0.39, 0.29) is 54.2 Å². The molecule has 2 aliphatic heterocycles. The van der Waals surface area contributed by atoms with Gasteiger partial charge in [0.05, 0.1) is 17.1 Å². The maximum absolute atomic E-state index is 14.2. The Morgan fingerprint density at radius 2 is 1.98 bits per heavy atom. The quantitative estimate of drug-likeness (QED) is 0.467. The third-order valence-corrected chi connectivity index (χ3v) is 9.68. The molecule has 0 bridgehead atoms. The molecule has 224 valence electrons. The highest BCUT2D eigenvalue weighted by molar-refractivity contribution is 6.30. The molecule has 2 saturated carbocycles. The molecule has 2 fully saturated rings. The minimum Gasteiger partial charge on any atom is -0.502 e. The molecule has 2 aromatic rings. The molecule has 1 spiro atoms. The lowest BCUT2D eigenvalue weighted by Crippen LogP contribution is -2.53. The third kappa shape index (κ3) is 4.23. The third-order valence-electron chi connectivity index (χ3n) is 9.39. The molecule has 3 N–H and O–H groups in total. The van der Waals surface area contributed by atoms with Gasteiger partial charge in [-0.1, -0.05) is 31.5 Å². The van der Waals surface area contributed by atoms with Gasteiger partial charge in [-0.05, 0) is 62.1 Å². The Morgan fingerprint density at radius 1 is 1.24 bits per heavy atom. The number of carbonyl (C=O) groups excluding carboxylic acids is 3. The second kappa shape index (κ2) is 10.1. The Hall–Kier alpha value is -3.44. The van der Waals surface area contributed by atoms with Gasteiger partial charge >= 0.3 is 5.97 Å². The Labute approximate surface area is 247 Å². The zero-order valence-corrected chi connectivity index (χ0v) is 24.5. The first-order valence-corrected chi connectivity index (χ1v) is 14.8. The van der Waals surface area contributed by atoms with E-state index < -0.39 is 52.7 Å². The number of pyridine rings is 1. The molecule has 0 saturated heterocycles. The number of halogens is 2. The first-order valence-electron chi connectivity index (χ1n) is 14.4. The van der Waals surface area contributed by atoms with E-state index in [9.17, 15) is 28.7 Å². The number of carbonyl (C=O) groups is 3. The van der Waals surface area contributed by atoms with E-state index in [0.29, 0.717) is 23.5 Å². The number of rotatable bonds is 7. The zero-order valence-electron chi connectivity index (χ0n) is 23.7. The molecular formula is C30H34ClFN4O6. The smallest absolute Gasteiger partial charge is 0.323 e. The molecule has 0 unspecified atom stereocenters. The zero-order chi connectivity index (χ0) is 30.2. The summed E-state index contributed by atoms with van der Waals surface area (Å²) in [5, 5.41) is 11.1. The van der Waals surface area contributed by atoms with Gasteiger partial charge in [0, 0.05) is 24.6 Å². The van der Waals surface area contributed by atoms with E-state index in [0.717, 1.165) is 12.8 Å². The second-order valence-corrected chi connectivity index (χ2v) is 12.8. The normalized spacial score (nSPS) is 25.5. The van der Waals surface area contributed by atoms with Crippen LogP contribution in [0.3, 0.4) is 0 Å². The molecule has 42 heavy (non-hydrogen) atoms. The lowest BCUT2D eigenvalue weighted by molar-refractivity contribution is -0.152. The second-order valence-electron chi connectivity index (χ2n) is 12.4. The number of nitrogens with zero attached hydrogens (tertiary/aromatic N) is 3. The number of hydrogen-bond acceptors (Lipinski definition) is 7. The van der Waals surface area contributed by atoms with Crippen molar-refractivity contribution in [1.82, 2.24) is 14.4 Å². The van der Waals surface area contributed by atoms with Crippen LogP contribution in [-0.2, 0) is 28.2 Å². The highest BCUT2D eigenvalue weighted by Gasteiger charge is 2.67. The number of amides is 2. The maximum atomic E-state index is 14.2. The largest absolute Gasteiger partial charge is 0.502 e. The molecule has 12 heteroatoms. The SMILES string of the molecule is CC(C)[C@H](N)C(=O)O[C@@H](C)CN1C(=O)c2c3c(c(O)c(=O)n2[C@@]12CC[C@H]1C[C@H]12)C(=O)N(Cc1ccc(F)c(Cl)c1)CC3. The van der Waals surface area contributed by atoms with Crippen molar-refractivity contribution in [3.8, 4) is 5.75 Å². The van der Waals surface area contributed by atoms with Crippen LogP contribution in [0.1, 0.15) is 72.0 Å². The summed E-state index contributed by atoms with van der Waals surface area (Å²) in [5.41, 5.74) is 5.07. The molecule has 2 aliphatic carbocycles. The highest BCUT2D eigenvalue weighted by atomic mass is 35.5. The monoisotopic (exact) mass is 600 g/mol. The van der Waals surface area contributed by atoms with Crippen molar-refractivity contribution in [3.63, 3.8) is 0 Å². The molecule has 0 radical (unpaired) electrons. The van der Waals surface area contributed by atoms with Crippen LogP contribution in [0.5, 0.6) is 5.75 Å². The van der Waals surface area contributed by atoms with Crippen LogP contribution < -0.4 is 11.3 Å². The number of hydrogen-bond donors (Lipinski definition) is 2. The van der Waals surface area contributed by atoms with E-state index in [1.165, 1.54) is 27.7 Å². The van der Waals surface area contributed by atoms with Gasteiger partial charge in [0.15, 0.2) is 5.75 Å². The standard InChI is InChI=1S/C30H34ClFN4O6/c1-14(2)23(33)29(41)42-15(3)12-35-27(39)24-18-7-9-34(13-16-4-5-21(32)20(31)10-16)26(38)22(18)25(37)28(40)36(24)30(35)8-6-17-11-19(17)30/h4-5,10,14-15,17,19,23,37H,6-9,11-13,33H2,1-3H3/t15-,17-,19+,23-,30+/m0/s1. The van der Waals surface area contributed by atoms with Gasteiger partial charge in [-0.3, -0.25) is 23.7 Å². The van der Waals surface area contributed by atoms with E-state index in [1.54, 1.807) is 11.8 Å². The fourth-order valence-electron chi connectivity index (χ4n) is 7.13. The van der Waals surface area contributed by atoms with E-state index in [2.05, 4.69) is 0 Å². The molecule has 3 heterocycles. The summed E-state index contributed by atoms with van der Waals surface area (Å²) in [5.74, 6) is -2.57. The fourth-order valence-corrected chi connectivity index (χ4v) is 7.34. The van der Waals surface area contributed by atoms with Gasteiger partial charge in [-0.2, -0.15) is 0 Å². The Balaban J connectivity index is 1.36. The topological polar surface area (TPSA) is 135 Å². The van der Waals surface area contributed by atoms with Crippen molar-refractivity contribution in [2.24, 2.45) is 23.5 Å². The van der Waals surface area contributed by atoms with E-state index in [1.807, 2.05) is 13.8 Å². The number of nitrogens with two attached hydrogens (primary N) is 1. The summed E-state index contributed by atoms with van der Waals surface area (Å²) in [4.78, 5) is 57.4. The number of aromatic hydroxyl groups is 1. The van der Waals surface area contributed by atoms with Crippen molar-refractivity contribution < 1.29 is 28.6 Å². The first-order chi connectivity index (χ1) is 19.9. The van der Waals surface area contributed by atoms with E-state index in [4.69, 9.17) is 22.1 Å².